The van der Waals surface area contributed by atoms with E-state index >= 15 is 0 Å². The molecule has 0 bridgehead atoms. The quantitative estimate of drug-likeness (QED) is 0.796. The van der Waals surface area contributed by atoms with E-state index in [0.29, 0.717) is 31.2 Å². The first-order valence-corrected chi connectivity index (χ1v) is 8.58. The Morgan fingerprint density at radius 3 is 2.30 bits per heavy atom. The van der Waals surface area contributed by atoms with Gasteiger partial charge in [-0.15, -0.1) is 0 Å². The Kier molecular flexibility index (Phi) is 6.58. The second-order valence-electron chi connectivity index (χ2n) is 4.83. The van der Waals surface area contributed by atoms with Gasteiger partial charge in [0.15, 0.2) is 0 Å². The van der Waals surface area contributed by atoms with Crippen LogP contribution in [-0.2, 0) is 16.6 Å². The van der Waals surface area contributed by atoms with Gasteiger partial charge in [0.2, 0.25) is 10.0 Å². The maximum atomic E-state index is 12.6. The highest BCUT2D eigenvalue weighted by Crippen LogP contribution is 2.18. The lowest BCUT2D eigenvalue weighted by Gasteiger charge is -2.24. The van der Waals surface area contributed by atoms with E-state index in [-0.39, 0.29) is 4.90 Å². The van der Waals surface area contributed by atoms with Crippen molar-refractivity contribution in [3.05, 3.63) is 24.0 Å². The van der Waals surface area contributed by atoms with E-state index in [9.17, 15) is 8.42 Å². The van der Waals surface area contributed by atoms with Gasteiger partial charge >= 0.3 is 0 Å². The summed E-state index contributed by atoms with van der Waals surface area (Å²) in [6.07, 6.45) is 3.35. The van der Waals surface area contributed by atoms with E-state index in [0.717, 1.165) is 12.8 Å². The Balaban J connectivity index is 2.98. The van der Waals surface area contributed by atoms with Crippen LogP contribution >= 0.6 is 0 Å². The molecule has 1 aromatic rings. The summed E-state index contributed by atoms with van der Waals surface area (Å²) in [6, 6.07) is 3.25. The van der Waals surface area contributed by atoms with Crippen molar-refractivity contribution in [2.75, 3.05) is 13.1 Å². The lowest BCUT2D eigenvalue weighted by molar-refractivity contribution is 0.339. The minimum Gasteiger partial charge on any atom is -0.325 e. The summed E-state index contributed by atoms with van der Waals surface area (Å²) in [5.41, 5.74) is 6.16. The highest BCUT2D eigenvalue weighted by Gasteiger charge is 2.25. The van der Waals surface area contributed by atoms with Crippen LogP contribution in [0.1, 0.15) is 39.3 Å². The monoisotopic (exact) mass is 299 g/mol. The Bertz CT molecular complexity index is 496. The van der Waals surface area contributed by atoms with Gasteiger partial charge in [0.1, 0.15) is 4.90 Å². The zero-order valence-corrected chi connectivity index (χ0v) is 13.4. The second kappa shape index (κ2) is 7.71. The highest BCUT2D eigenvalue weighted by molar-refractivity contribution is 7.89. The van der Waals surface area contributed by atoms with Crippen molar-refractivity contribution in [2.24, 2.45) is 11.7 Å². The number of rotatable bonds is 8. The second-order valence-corrected chi connectivity index (χ2v) is 6.77. The first-order chi connectivity index (χ1) is 9.49. The molecule has 0 amide bonds. The topological polar surface area (TPSA) is 76.3 Å². The molecule has 5 nitrogen and oxygen atoms in total. The molecule has 0 saturated carbocycles. The molecule has 0 atom stereocenters. The molecule has 114 valence electrons. The number of nitrogens with two attached hydrogens (primary N) is 1. The van der Waals surface area contributed by atoms with Crippen LogP contribution in [0.2, 0.25) is 0 Å². The number of pyridine rings is 1. The van der Waals surface area contributed by atoms with Crippen LogP contribution in [-0.4, -0.2) is 30.8 Å². The lowest BCUT2D eigenvalue weighted by Crippen LogP contribution is -2.35. The van der Waals surface area contributed by atoms with Crippen LogP contribution in [0.25, 0.3) is 0 Å². The Labute approximate surface area is 122 Å². The van der Waals surface area contributed by atoms with Gasteiger partial charge in [-0.2, -0.15) is 4.31 Å². The van der Waals surface area contributed by atoms with Crippen molar-refractivity contribution in [1.29, 1.82) is 0 Å². The predicted molar refractivity (Wildman–Crippen MR) is 80.6 cm³/mol. The number of sulfonamides is 1. The predicted octanol–water partition coefficient (Wildman–Crippen LogP) is 1.99. The number of hydrogen-bond donors (Lipinski definition) is 1. The Hall–Kier alpha value is -0.980. The third kappa shape index (κ3) is 4.01. The molecule has 0 aliphatic heterocycles. The fourth-order valence-electron chi connectivity index (χ4n) is 2.07. The summed E-state index contributed by atoms with van der Waals surface area (Å²) in [7, 11) is -3.46. The molecule has 0 radical (unpaired) electrons. The lowest BCUT2D eigenvalue weighted by atomic mass is 10.0. The molecule has 6 heteroatoms. The summed E-state index contributed by atoms with van der Waals surface area (Å²) in [4.78, 5) is 4.31. The van der Waals surface area contributed by atoms with Crippen LogP contribution in [0.5, 0.6) is 0 Å². The average Bonchev–Trinajstić information content (AvgIpc) is 2.48. The molecule has 0 saturated heterocycles. The fourth-order valence-corrected chi connectivity index (χ4v) is 3.54. The van der Waals surface area contributed by atoms with Crippen LogP contribution < -0.4 is 5.73 Å². The third-order valence-corrected chi connectivity index (χ3v) is 5.54. The molecule has 20 heavy (non-hydrogen) atoms. The maximum absolute atomic E-state index is 12.6. The number of nitrogens with zero attached hydrogens (tertiary/aromatic N) is 2. The van der Waals surface area contributed by atoms with Gasteiger partial charge in [0.05, 0.1) is 5.69 Å². The SMILES string of the molecule is CCC(CC)CN(CC)S(=O)(=O)c1ccc(CN)nc1. The zero-order chi connectivity index (χ0) is 15.2. The Morgan fingerprint density at radius 2 is 1.90 bits per heavy atom. The van der Waals surface area contributed by atoms with Gasteiger partial charge in [0, 0.05) is 25.8 Å². The number of hydrogen-bond acceptors (Lipinski definition) is 4. The van der Waals surface area contributed by atoms with Gasteiger partial charge in [-0.05, 0) is 18.1 Å². The standard InChI is InChI=1S/C14H25N3O2S/c1-4-12(5-2)11-17(6-3)20(18,19)14-8-7-13(9-15)16-10-14/h7-8,10,12H,4-6,9,11,15H2,1-3H3. The summed E-state index contributed by atoms with van der Waals surface area (Å²) in [5, 5.41) is 0. The van der Waals surface area contributed by atoms with Crippen molar-refractivity contribution >= 4 is 10.0 Å². The molecule has 0 aliphatic carbocycles. The van der Waals surface area contributed by atoms with E-state index in [1.54, 1.807) is 12.1 Å². The molecule has 0 aliphatic rings. The molecule has 2 N–H and O–H groups in total. The molecule has 1 aromatic heterocycles. The molecule has 0 spiro atoms. The van der Waals surface area contributed by atoms with E-state index in [4.69, 9.17) is 5.73 Å². The van der Waals surface area contributed by atoms with Crippen LogP contribution in [0.3, 0.4) is 0 Å². The molecular formula is C14H25N3O2S. The summed E-state index contributed by atoms with van der Waals surface area (Å²) in [6.45, 7) is 7.38. The van der Waals surface area contributed by atoms with E-state index < -0.39 is 10.0 Å². The van der Waals surface area contributed by atoms with Crippen LogP contribution in [0.4, 0.5) is 0 Å². The summed E-state index contributed by atoms with van der Waals surface area (Å²) < 4.78 is 26.7. The average molecular weight is 299 g/mol. The smallest absolute Gasteiger partial charge is 0.244 e. The van der Waals surface area contributed by atoms with Crippen molar-refractivity contribution in [1.82, 2.24) is 9.29 Å². The van der Waals surface area contributed by atoms with E-state index in [1.165, 1.54) is 10.5 Å². The van der Waals surface area contributed by atoms with Crippen LogP contribution in [0, 0.1) is 5.92 Å². The van der Waals surface area contributed by atoms with Crippen molar-refractivity contribution < 1.29 is 8.42 Å². The van der Waals surface area contributed by atoms with Crippen molar-refractivity contribution in [2.45, 2.75) is 45.1 Å². The minimum atomic E-state index is -3.46. The number of aromatic nitrogens is 1. The van der Waals surface area contributed by atoms with Crippen molar-refractivity contribution in [3.63, 3.8) is 0 Å². The molecule has 1 rings (SSSR count). The van der Waals surface area contributed by atoms with Gasteiger partial charge in [-0.3, -0.25) is 4.98 Å². The van der Waals surface area contributed by atoms with Crippen molar-refractivity contribution in [3.8, 4) is 0 Å². The third-order valence-electron chi connectivity index (χ3n) is 3.61. The fraction of sp³-hybridized carbons (Fsp3) is 0.643. The molecule has 0 aromatic carbocycles. The van der Waals surface area contributed by atoms with Gasteiger partial charge < -0.3 is 5.73 Å². The highest BCUT2D eigenvalue weighted by atomic mass is 32.2. The first-order valence-electron chi connectivity index (χ1n) is 7.14. The van der Waals surface area contributed by atoms with Gasteiger partial charge in [-0.25, -0.2) is 8.42 Å². The Morgan fingerprint density at radius 1 is 1.25 bits per heavy atom. The maximum Gasteiger partial charge on any atom is 0.244 e. The van der Waals surface area contributed by atoms with E-state index in [1.807, 2.05) is 6.92 Å². The minimum absolute atomic E-state index is 0.238. The van der Waals surface area contributed by atoms with Gasteiger partial charge in [0.25, 0.3) is 0 Å². The zero-order valence-electron chi connectivity index (χ0n) is 12.5. The summed E-state index contributed by atoms with van der Waals surface area (Å²) >= 11 is 0. The first kappa shape index (κ1) is 17.1. The molecule has 0 unspecified atom stereocenters. The molecule has 1 heterocycles. The molecule has 0 fully saturated rings. The summed E-state index contributed by atoms with van der Waals surface area (Å²) in [5.74, 6) is 0.390. The normalized spacial score (nSPS) is 12.3. The molecular weight excluding hydrogens is 274 g/mol. The van der Waals surface area contributed by atoms with E-state index in [2.05, 4.69) is 18.8 Å². The van der Waals surface area contributed by atoms with Gasteiger partial charge in [-0.1, -0.05) is 33.6 Å². The van der Waals surface area contributed by atoms with Crippen LogP contribution in [0.15, 0.2) is 23.2 Å². The largest absolute Gasteiger partial charge is 0.325 e.